The fourth-order valence-electron chi connectivity index (χ4n) is 2.98. The Balaban J connectivity index is 1.91. The standard InChI is InChI=1S/C16H24N6O/c1-20-8-10-21(11-9-20)15(14-6-4-3-5-7-14)16-17-18-19-22(16)12-13-23-2/h3-7,15H,8-13H2,1-2H3/t15-/m0/s1. The van der Waals surface area contributed by atoms with Crippen LogP contribution in [0.3, 0.4) is 0 Å². The molecule has 7 nitrogen and oxygen atoms in total. The van der Waals surface area contributed by atoms with Crippen LogP contribution in [0.1, 0.15) is 17.4 Å². The molecule has 0 radical (unpaired) electrons. The SMILES string of the molecule is COCCn1nnnc1[C@H](c1ccccc1)N1CCN(C)CC1. The van der Waals surface area contributed by atoms with Gasteiger partial charge in [0.1, 0.15) is 0 Å². The number of nitrogens with zero attached hydrogens (tertiary/aromatic N) is 6. The van der Waals surface area contributed by atoms with E-state index < -0.39 is 0 Å². The van der Waals surface area contributed by atoms with Crippen LogP contribution in [0.5, 0.6) is 0 Å². The molecule has 23 heavy (non-hydrogen) atoms. The summed E-state index contributed by atoms with van der Waals surface area (Å²) < 4.78 is 7.04. The number of hydrogen-bond acceptors (Lipinski definition) is 6. The van der Waals surface area contributed by atoms with Crippen LogP contribution >= 0.6 is 0 Å². The summed E-state index contributed by atoms with van der Waals surface area (Å²) in [5.41, 5.74) is 1.23. The van der Waals surface area contributed by atoms with E-state index in [0.717, 1.165) is 32.0 Å². The van der Waals surface area contributed by atoms with Gasteiger partial charge in [0.25, 0.3) is 0 Å². The number of aromatic nitrogens is 4. The topological polar surface area (TPSA) is 59.3 Å². The van der Waals surface area contributed by atoms with E-state index >= 15 is 0 Å². The molecule has 1 atom stereocenters. The van der Waals surface area contributed by atoms with E-state index in [1.165, 1.54) is 5.56 Å². The van der Waals surface area contributed by atoms with Crippen LogP contribution in [-0.2, 0) is 11.3 Å². The Hall–Kier alpha value is -1.83. The first-order chi connectivity index (χ1) is 11.3. The minimum atomic E-state index is 0.0803. The second-order valence-electron chi connectivity index (χ2n) is 5.91. The predicted octanol–water partition coefficient (Wildman–Crippen LogP) is 0.656. The highest BCUT2D eigenvalue weighted by atomic mass is 16.5. The Bertz CT molecular complexity index is 594. The summed E-state index contributed by atoms with van der Waals surface area (Å²) in [6.45, 7) is 5.39. The first-order valence-electron chi connectivity index (χ1n) is 8.02. The molecule has 0 saturated carbocycles. The van der Waals surface area contributed by atoms with Crippen molar-refractivity contribution in [3.05, 3.63) is 41.7 Å². The largest absolute Gasteiger partial charge is 0.383 e. The fraction of sp³-hybridized carbons (Fsp3) is 0.562. The van der Waals surface area contributed by atoms with Gasteiger partial charge in [0.15, 0.2) is 5.82 Å². The molecule has 2 heterocycles. The van der Waals surface area contributed by atoms with Crippen LogP contribution in [0, 0.1) is 0 Å². The van der Waals surface area contributed by atoms with Crippen LogP contribution in [0.25, 0.3) is 0 Å². The van der Waals surface area contributed by atoms with E-state index in [1.54, 1.807) is 7.11 Å². The Morgan fingerprint density at radius 1 is 1.13 bits per heavy atom. The molecule has 1 aliphatic rings. The third-order valence-corrected chi connectivity index (χ3v) is 4.33. The maximum atomic E-state index is 5.18. The fourth-order valence-corrected chi connectivity index (χ4v) is 2.98. The summed E-state index contributed by atoms with van der Waals surface area (Å²) in [6.07, 6.45) is 0. The number of piperazine rings is 1. The van der Waals surface area contributed by atoms with E-state index in [2.05, 4.69) is 56.6 Å². The summed E-state index contributed by atoms with van der Waals surface area (Å²) in [4.78, 5) is 4.82. The number of hydrogen-bond donors (Lipinski definition) is 0. The minimum Gasteiger partial charge on any atom is -0.383 e. The molecule has 0 N–H and O–H groups in total. The van der Waals surface area contributed by atoms with Crippen molar-refractivity contribution >= 4 is 0 Å². The molecule has 0 bridgehead atoms. The predicted molar refractivity (Wildman–Crippen MR) is 87.0 cm³/mol. The van der Waals surface area contributed by atoms with Crippen LogP contribution in [0.4, 0.5) is 0 Å². The van der Waals surface area contributed by atoms with Crippen LogP contribution in [0.2, 0.25) is 0 Å². The van der Waals surface area contributed by atoms with Crippen LogP contribution in [-0.4, -0.2) is 77.0 Å². The molecular formula is C16H24N6O. The van der Waals surface area contributed by atoms with Crippen LogP contribution in [0.15, 0.2) is 30.3 Å². The molecule has 0 unspecified atom stereocenters. The number of tetrazole rings is 1. The number of rotatable bonds is 6. The molecule has 7 heteroatoms. The van der Waals surface area contributed by atoms with Crippen molar-refractivity contribution in [2.75, 3.05) is 46.9 Å². The van der Waals surface area contributed by atoms with Crippen molar-refractivity contribution in [2.45, 2.75) is 12.6 Å². The molecule has 0 amide bonds. The van der Waals surface area contributed by atoms with Crippen molar-refractivity contribution in [2.24, 2.45) is 0 Å². The second-order valence-corrected chi connectivity index (χ2v) is 5.91. The molecule has 2 aromatic rings. The lowest BCUT2D eigenvalue weighted by molar-refractivity contribution is 0.119. The Labute approximate surface area is 136 Å². The van der Waals surface area contributed by atoms with Crippen molar-refractivity contribution in [1.29, 1.82) is 0 Å². The number of methoxy groups -OCH3 is 1. The summed E-state index contributed by atoms with van der Waals surface area (Å²) in [6, 6.07) is 10.6. The lowest BCUT2D eigenvalue weighted by atomic mass is 10.0. The molecule has 3 rings (SSSR count). The van der Waals surface area contributed by atoms with Gasteiger partial charge in [0.2, 0.25) is 0 Å². The van der Waals surface area contributed by atoms with E-state index in [-0.39, 0.29) is 6.04 Å². The van der Waals surface area contributed by atoms with Gasteiger partial charge in [-0.05, 0) is 23.0 Å². The molecule has 0 aliphatic carbocycles. The molecule has 124 valence electrons. The average Bonchev–Trinajstić information content (AvgIpc) is 3.04. The van der Waals surface area contributed by atoms with Gasteiger partial charge in [-0.3, -0.25) is 4.90 Å². The van der Waals surface area contributed by atoms with Gasteiger partial charge in [-0.25, -0.2) is 4.68 Å². The first kappa shape index (κ1) is 16.0. The van der Waals surface area contributed by atoms with E-state index in [9.17, 15) is 0 Å². The second kappa shape index (κ2) is 7.63. The molecule has 1 aromatic heterocycles. The van der Waals surface area contributed by atoms with Crippen molar-refractivity contribution in [3.63, 3.8) is 0 Å². The highest BCUT2D eigenvalue weighted by molar-refractivity contribution is 5.24. The lowest BCUT2D eigenvalue weighted by Gasteiger charge is -2.37. The van der Waals surface area contributed by atoms with Crippen molar-refractivity contribution in [1.82, 2.24) is 30.0 Å². The summed E-state index contributed by atoms with van der Waals surface area (Å²) >= 11 is 0. The molecular weight excluding hydrogens is 292 g/mol. The van der Waals surface area contributed by atoms with E-state index in [0.29, 0.717) is 13.2 Å². The van der Waals surface area contributed by atoms with Gasteiger partial charge >= 0.3 is 0 Å². The van der Waals surface area contributed by atoms with Crippen LogP contribution < -0.4 is 0 Å². The maximum Gasteiger partial charge on any atom is 0.173 e. The van der Waals surface area contributed by atoms with E-state index in [1.807, 2.05) is 10.7 Å². The zero-order chi connectivity index (χ0) is 16.1. The van der Waals surface area contributed by atoms with Gasteiger partial charge in [-0.15, -0.1) is 5.10 Å². The maximum absolute atomic E-state index is 5.18. The van der Waals surface area contributed by atoms with Gasteiger partial charge in [0.05, 0.1) is 19.2 Å². The molecule has 1 aliphatic heterocycles. The highest BCUT2D eigenvalue weighted by Crippen LogP contribution is 2.27. The Morgan fingerprint density at radius 2 is 1.87 bits per heavy atom. The molecule has 1 fully saturated rings. The first-order valence-corrected chi connectivity index (χ1v) is 8.02. The van der Waals surface area contributed by atoms with Gasteiger partial charge < -0.3 is 9.64 Å². The van der Waals surface area contributed by atoms with Crippen molar-refractivity contribution < 1.29 is 4.74 Å². The third-order valence-electron chi connectivity index (χ3n) is 4.33. The number of likely N-dealkylation sites (N-methyl/N-ethyl adjacent to an activating group) is 1. The smallest absolute Gasteiger partial charge is 0.173 e. The number of benzene rings is 1. The van der Waals surface area contributed by atoms with Gasteiger partial charge in [-0.1, -0.05) is 30.3 Å². The minimum absolute atomic E-state index is 0.0803. The van der Waals surface area contributed by atoms with Gasteiger partial charge in [-0.2, -0.15) is 0 Å². The van der Waals surface area contributed by atoms with E-state index in [4.69, 9.17) is 4.74 Å². The normalized spacial score (nSPS) is 18.2. The molecule has 1 aromatic carbocycles. The Morgan fingerprint density at radius 3 is 2.57 bits per heavy atom. The monoisotopic (exact) mass is 316 g/mol. The summed E-state index contributed by atoms with van der Waals surface area (Å²) in [5.74, 6) is 0.887. The Kier molecular flexibility index (Phi) is 5.32. The van der Waals surface area contributed by atoms with Crippen molar-refractivity contribution in [3.8, 4) is 0 Å². The molecule has 0 spiro atoms. The zero-order valence-corrected chi connectivity index (χ0v) is 13.8. The highest BCUT2D eigenvalue weighted by Gasteiger charge is 2.29. The summed E-state index contributed by atoms with van der Waals surface area (Å²) in [5, 5.41) is 12.4. The summed E-state index contributed by atoms with van der Waals surface area (Å²) in [7, 11) is 3.86. The quantitative estimate of drug-likeness (QED) is 0.780. The lowest BCUT2D eigenvalue weighted by Crippen LogP contribution is -2.46. The number of ether oxygens (including phenoxy) is 1. The zero-order valence-electron chi connectivity index (χ0n) is 13.8. The molecule has 1 saturated heterocycles. The average molecular weight is 316 g/mol. The van der Waals surface area contributed by atoms with Gasteiger partial charge in [0, 0.05) is 33.3 Å². The third kappa shape index (κ3) is 3.74.